The predicted molar refractivity (Wildman–Crippen MR) is 142 cm³/mol. The zero-order chi connectivity index (χ0) is 25.2. The van der Waals surface area contributed by atoms with Crippen LogP contribution in [0.3, 0.4) is 0 Å². The van der Waals surface area contributed by atoms with Crippen molar-refractivity contribution in [2.45, 2.75) is 50.9 Å². The summed E-state index contributed by atoms with van der Waals surface area (Å²) >= 11 is 0. The highest BCUT2D eigenvalue weighted by molar-refractivity contribution is 5.78. The van der Waals surface area contributed by atoms with E-state index in [4.69, 9.17) is 5.41 Å². The molecule has 3 aromatic rings. The zero-order valence-corrected chi connectivity index (χ0v) is 20.9. The van der Waals surface area contributed by atoms with Crippen molar-refractivity contribution in [3.63, 3.8) is 0 Å². The van der Waals surface area contributed by atoms with Crippen molar-refractivity contribution < 1.29 is 4.79 Å². The van der Waals surface area contributed by atoms with Gasteiger partial charge in [-0.1, -0.05) is 36.4 Å². The second-order valence-electron chi connectivity index (χ2n) is 9.33. The lowest BCUT2D eigenvalue weighted by Crippen LogP contribution is -2.21. The Morgan fingerprint density at radius 1 is 1.14 bits per heavy atom. The van der Waals surface area contributed by atoms with Crippen molar-refractivity contribution in [3.05, 3.63) is 89.2 Å². The quantitative estimate of drug-likeness (QED) is 0.234. The number of carbonyl (C=O) groups is 1. The van der Waals surface area contributed by atoms with Crippen molar-refractivity contribution in [2.24, 2.45) is 0 Å². The number of nitrogens with one attached hydrogen (secondary N) is 1. The number of aryl methyl sites for hydroxylation is 1. The van der Waals surface area contributed by atoms with Crippen molar-refractivity contribution in [1.29, 1.82) is 10.7 Å². The molecule has 35 heavy (non-hydrogen) atoms. The summed E-state index contributed by atoms with van der Waals surface area (Å²) < 4.78 is 0. The Bertz CT molecular complexity index is 1180. The van der Waals surface area contributed by atoms with Crippen LogP contribution < -0.4 is 0 Å². The Kier molecular flexibility index (Phi) is 9.31. The summed E-state index contributed by atoms with van der Waals surface area (Å²) in [5.74, 6) is 1.42. The number of rotatable bonds is 8. The molecule has 5 nitrogen and oxygen atoms in total. The summed E-state index contributed by atoms with van der Waals surface area (Å²) in [5.41, 5.74) is 5.98. The van der Waals surface area contributed by atoms with Crippen LogP contribution in [0.15, 0.2) is 66.9 Å². The van der Waals surface area contributed by atoms with Gasteiger partial charge in [-0.05, 0) is 78.6 Å². The number of pyridine rings is 1. The maximum absolute atomic E-state index is 11.1. The molecule has 0 saturated heterocycles. The van der Waals surface area contributed by atoms with Crippen LogP contribution in [-0.2, 0) is 4.79 Å². The molecule has 1 saturated carbocycles. The molecule has 1 N–H and O–H groups in total. The largest absolute Gasteiger partial charge is 0.367 e. The molecule has 1 fully saturated rings. The van der Waals surface area contributed by atoms with Crippen molar-refractivity contribution >= 4 is 12.1 Å². The summed E-state index contributed by atoms with van der Waals surface area (Å²) in [6, 6.07) is 22.6. The standard InChI is InChI=1S/C21H24N4O.C9H10/c1-15-10-16(14-22)12-19(11-15)18-6-8-24-20(13-18)17(7-9-26)4-5-21(23)25(2)3;1-2-4-8(5-3-1)9-6-7-9/h6,8-13,17,23H,4-5,7H2,1-3H3;1-5,9H,6-7H2. The number of hydrogen-bond donors (Lipinski definition) is 1. The third kappa shape index (κ3) is 7.89. The van der Waals surface area contributed by atoms with Gasteiger partial charge in [-0.3, -0.25) is 10.4 Å². The van der Waals surface area contributed by atoms with Gasteiger partial charge in [0.1, 0.15) is 6.29 Å². The van der Waals surface area contributed by atoms with Gasteiger partial charge in [0.15, 0.2) is 0 Å². The number of nitrogens with zero attached hydrogens (tertiary/aromatic N) is 3. The van der Waals surface area contributed by atoms with Gasteiger partial charge in [-0.15, -0.1) is 0 Å². The Hall–Kier alpha value is -3.78. The average Bonchev–Trinajstić information content (AvgIpc) is 3.72. The van der Waals surface area contributed by atoms with Crippen molar-refractivity contribution in [1.82, 2.24) is 9.88 Å². The number of amidine groups is 1. The number of hydrogen-bond acceptors (Lipinski definition) is 4. The first-order chi connectivity index (χ1) is 16.9. The molecular weight excluding hydrogens is 432 g/mol. The van der Waals surface area contributed by atoms with E-state index in [-0.39, 0.29) is 5.92 Å². The summed E-state index contributed by atoms with van der Waals surface area (Å²) in [6.45, 7) is 1.97. The molecule has 0 radical (unpaired) electrons. The number of aromatic nitrogens is 1. The first kappa shape index (κ1) is 25.8. The third-order valence-corrected chi connectivity index (χ3v) is 6.24. The molecule has 4 rings (SSSR count). The monoisotopic (exact) mass is 466 g/mol. The van der Waals surface area contributed by atoms with Gasteiger partial charge in [0.05, 0.1) is 17.5 Å². The lowest BCUT2D eigenvalue weighted by Gasteiger charge is -2.18. The molecule has 2 aromatic carbocycles. The molecule has 0 spiro atoms. The summed E-state index contributed by atoms with van der Waals surface area (Å²) in [6.07, 6.45) is 7.15. The van der Waals surface area contributed by atoms with E-state index in [1.54, 1.807) is 11.1 Å². The van der Waals surface area contributed by atoms with Gasteiger partial charge in [0, 0.05) is 44.7 Å². The van der Waals surface area contributed by atoms with E-state index in [9.17, 15) is 10.1 Å². The smallest absolute Gasteiger partial charge is 0.120 e. The Labute approximate surface area is 209 Å². The maximum Gasteiger partial charge on any atom is 0.120 e. The molecule has 0 aliphatic heterocycles. The molecule has 180 valence electrons. The van der Waals surface area contributed by atoms with Crippen LogP contribution in [0, 0.1) is 23.7 Å². The molecule has 1 aliphatic rings. The van der Waals surface area contributed by atoms with Crippen LogP contribution in [0.2, 0.25) is 0 Å². The topological polar surface area (TPSA) is 80.8 Å². The number of nitriles is 1. The first-order valence-corrected chi connectivity index (χ1v) is 12.1. The van der Waals surface area contributed by atoms with Crippen molar-refractivity contribution in [3.8, 4) is 17.2 Å². The van der Waals surface area contributed by atoms with Gasteiger partial charge in [0.25, 0.3) is 0 Å². The fourth-order valence-electron chi connectivity index (χ4n) is 4.04. The van der Waals surface area contributed by atoms with E-state index in [0.29, 0.717) is 30.7 Å². The minimum absolute atomic E-state index is 0.0204. The molecule has 1 heterocycles. The Balaban J connectivity index is 0.000000313. The second kappa shape index (κ2) is 12.6. The molecule has 1 atom stereocenters. The lowest BCUT2D eigenvalue weighted by molar-refractivity contribution is -0.108. The Morgan fingerprint density at radius 2 is 1.89 bits per heavy atom. The zero-order valence-electron chi connectivity index (χ0n) is 20.9. The van der Waals surface area contributed by atoms with Gasteiger partial charge >= 0.3 is 0 Å². The van der Waals surface area contributed by atoms with Crippen LogP contribution in [0.4, 0.5) is 0 Å². The highest BCUT2D eigenvalue weighted by Gasteiger charge is 2.22. The summed E-state index contributed by atoms with van der Waals surface area (Å²) in [7, 11) is 3.70. The van der Waals surface area contributed by atoms with E-state index >= 15 is 0 Å². The lowest BCUT2D eigenvalue weighted by atomic mass is 9.93. The highest BCUT2D eigenvalue weighted by atomic mass is 16.1. The van der Waals surface area contributed by atoms with E-state index in [1.807, 2.05) is 51.4 Å². The van der Waals surface area contributed by atoms with Crippen LogP contribution in [0.5, 0.6) is 0 Å². The summed E-state index contributed by atoms with van der Waals surface area (Å²) in [5, 5.41) is 17.2. The maximum atomic E-state index is 11.1. The molecule has 1 aromatic heterocycles. The van der Waals surface area contributed by atoms with E-state index < -0.39 is 0 Å². The highest BCUT2D eigenvalue weighted by Crippen LogP contribution is 2.39. The van der Waals surface area contributed by atoms with Gasteiger partial charge < -0.3 is 9.69 Å². The molecular formula is C30H34N4O. The van der Waals surface area contributed by atoms with Gasteiger partial charge in [-0.2, -0.15) is 5.26 Å². The minimum Gasteiger partial charge on any atom is -0.367 e. The van der Waals surface area contributed by atoms with Gasteiger partial charge in [0.2, 0.25) is 0 Å². The molecule has 1 unspecified atom stereocenters. The third-order valence-electron chi connectivity index (χ3n) is 6.24. The van der Waals surface area contributed by atoms with E-state index in [1.165, 1.54) is 18.4 Å². The van der Waals surface area contributed by atoms with Crippen LogP contribution in [-0.4, -0.2) is 36.1 Å². The van der Waals surface area contributed by atoms with Crippen LogP contribution in [0.25, 0.3) is 11.1 Å². The SMILES string of the molecule is Cc1cc(C#N)cc(-c2ccnc(C(CC=O)CCC(=N)N(C)C)c2)c1.c1ccc(C2CC2)cc1. The van der Waals surface area contributed by atoms with E-state index in [0.717, 1.165) is 34.6 Å². The molecule has 0 amide bonds. The molecule has 0 bridgehead atoms. The minimum atomic E-state index is -0.0204. The van der Waals surface area contributed by atoms with Crippen molar-refractivity contribution in [2.75, 3.05) is 14.1 Å². The predicted octanol–water partition coefficient (Wildman–Crippen LogP) is 6.48. The Morgan fingerprint density at radius 3 is 2.51 bits per heavy atom. The first-order valence-electron chi connectivity index (χ1n) is 12.1. The summed E-state index contributed by atoms with van der Waals surface area (Å²) in [4.78, 5) is 17.4. The number of carbonyl (C=O) groups excluding carboxylic acids is 1. The van der Waals surface area contributed by atoms with Crippen LogP contribution in [0.1, 0.15) is 66.3 Å². The number of benzene rings is 2. The molecule has 5 heteroatoms. The average molecular weight is 467 g/mol. The van der Waals surface area contributed by atoms with E-state index in [2.05, 4.69) is 41.4 Å². The van der Waals surface area contributed by atoms with Crippen LogP contribution >= 0.6 is 0 Å². The fraction of sp³-hybridized carbons (Fsp3) is 0.333. The normalized spacial score (nSPS) is 13.1. The second-order valence-corrected chi connectivity index (χ2v) is 9.33. The fourth-order valence-corrected chi connectivity index (χ4v) is 4.04. The van der Waals surface area contributed by atoms with Gasteiger partial charge in [-0.25, -0.2) is 0 Å². The number of aldehydes is 1. The molecule has 1 aliphatic carbocycles.